The number of benzene rings is 2. The Morgan fingerprint density at radius 3 is 2.62 bits per heavy atom. The normalized spacial score (nSPS) is 22.0. The Balaban J connectivity index is 1.27. The predicted octanol–water partition coefficient (Wildman–Crippen LogP) is 4.38. The summed E-state index contributed by atoms with van der Waals surface area (Å²) < 4.78 is 5.29. The van der Waals surface area contributed by atoms with Crippen LogP contribution in [0, 0.1) is 19.8 Å². The van der Waals surface area contributed by atoms with E-state index in [4.69, 9.17) is 0 Å². The molecule has 3 aliphatic heterocycles. The van der Waals surface area contributed by atoms with Crippen LogP contribution in [0.2, 0.25) is 0 Å². The van der Waals surface area contributed by atoms with Gasteiger partial charge in [0.2, 0.25) is 0 Å². The van der Waals surface area contributed by atoms with Gasteiger partial charge in [-0.05, 0) is 92.6 Å². The standard InChI is InChI=1S/C24H27N5O2S/c1-14-3-4-15(2)19(11-14)27-24(31)25-17-5-6-18-21(12-17)32-28-22(18)23(30)26-20-13-29-9-7-16(20)8-10-29/h3-6,11-12,16,20H,7-10,13H2,1-2H3,(H,26,30)(H2,25,27,31)/t20-/m0/s1. The number of anilines is 2. The van der Waals surface area contributed by atoms with E-state index in [2.05, 4.69) is 25.2 Å². The molecule has 32 heavy (non-hydrogen) atoms. The molecule has 4 heterocycles. The number of piperidine rings is 3. The van der Waals surface area contributed by atoms with Crippen LogP contribution in [0.1, 0.15) is 34.5 Å². The van der Waals surface area contributed by atoms with Gasteiger partial charge in [0.15, 0.2) is 0 Å². The molecule has 3 aliphatic rings. The smallest absolute Gasteiger partial charge is 0.323 e. The number of nitrogens with zero attached hydrogens (tertiary/aromatic N) is 2. The maximum atomic E-state index is 12.9. The lowest BCUT2D eigenvalue weighted by Crippen LogP contribution is -2.57. The fraction of sp³-hybridized carbons (Fsp3) is 0.375. The Hall–Kier alpha value is -2.97. The van der Waals surface area contributed by atoms with Crippen LogP contribution in [0.25, 0.3) is 10.1 Å². The third kappa shape index (κ3) is 4.20. The van der Waals surface area contributed by atoms with Crippen molar-refractivity contribution in [2.45, 2.75) is 32.7 Å². The number of hydrogen-bond acceptors (Lipinski definition) is 5. The highest BCUT2D eigenvalue weighted by atomic mass is 32.1. The van der Waals surface area contributed by atoms with Gasteiger partial charge in [-0.25, -0.2) is 4.79 Å². The van der Waals surface area contributed by atoms with Gasteiger partial charge in [-0.2, -0.15) is 4.37 Å². The highest BCUT2D eigenvalue weighted by Crippen LogP contribution is 2.29. The zero-order valence-corrected chi connectivity index (χ0v) is 19.1. The number of aromatic nitrogens is 1. The minimum atomic E-state index is -0.303. The van der Waals surface area contributed by atoms with Gasteiger partial charge in [0.25, 0.3) is 5.91 Å². The molecule has 6 rings (SSSR count). The number of urea groups is 1. The second kappa shape index (κ2) is 8.52. The molecule has 166 valence electrons. The van der Waals surface area contributed by atoms with E-state index in [0.717, 1.165) is 59.4 Å². The number of rotatable bonds is 4. The molecule has 2 bridgehead atoms. The van der Waals surface area contributed by atoms with Crippen LogP contribution in [0.5, 0.6) is 0 Å². The number of carbonyl (C=O) groups excluding carboxylic acids is 2. The van der Waals surface area contributed by atoms with Crippen molar-refractivity contribution in [2.24, 2.45) is 5.92 Å². The fourth-order valence-electron chi connectivity index (χ4n) is 4.70. The van der Waals surface area contributed by atoms with Gasteiger partial charge in [0, 0.05) is 29.3 Å². The first kappa shape index (κ1) is 20.9. The van der Waals surface area contributed by atoms with Crippen molar-refractivity contribution in [2.75, 3.05) is 30.3 Å². The molecular weight excluding hydrogens is 422 g/mol. The van der Waals surface area contributed by atoms with E-state index in [9.17, 15) is 9.59 Å². The van der Waals surface area contributed by atoms with Gasteiger partial charge in [-0.1, -0.05) is 12.1 Å². The largest absolute Gasteiger partial charge is 0.346 e. The third-order valence-electron chi connectivity index (χ3n) is 6.56. The number of amides is 3. The highest BCUT2D eigenvalue weighted by Gasteiger charge is 2.35. The van der Waals surface area contributed by atoms with Crippen LogP contribution in [0.4, 0.5) is 16.2 Å². The summed E-state index contributed by atoms with van der Waals surface area (Å²) in [5, 5.41) is 9.80. The summed E-state index contributed by atoms with van der Waals surface area (Å²) in [5.41, 5.74) is 4.00. The Kier molecular flexibility index (Phi) is 5.57. The Bertz CT molecular complexity index is 1180. The van der Waals surface area contributed by atoms with Crippen LogP contribution in [0.15, 0.2) is 36.4 Å². The van der Waals surface area contributed by atoms with E-state index >= 15 is 0 Å². The first-order valence-electron chi connectivity index (χ1n) is 11.0. The summed E-state index contributed by atoms with van der Waals surface area (Å²) in [4.78, 5) is 27.8. The van der Waals surface area contributed by atoms with E-state index in [1.165, 1.54) is 11.5 Å². The molecule has 1 atom stereocenters. The van der Waals surface area contributed by atoms with E-state index < -0.39 is 0 Å². The molecule has 0 spiro atoms. The number of nitrogens with one attached hydrogen (secondary N) is 3. The molecule has 2 aromatic carbocycles. The minimum Gasteiger partial charge on any atom is -0.346 e. The van der Waals surface area contributed by atoms with Crippen LogP contribution in [-0.4, -0.2) is 46.9 Å². The van der Waals surface area contributed by atoms with Crippen LogP contribution in [-0.2, 0) is 0 Å². The molecular formula is C24H27N5O2S. The van der Waals surface area contributed by atoms with Crippen LogP contribution < -0.4 is 16.0 Å². The van der Waals surface area contributed by atoms with Gasteiger partial charge < -0.3 is 20.9 Å². The van der Waals surface area contributed by atoms with E-state index in [-0.39, 0.29) is 18.0 Å². The van der Waals surface area contributed by atoms with Gasteiger partial charge in [-0.3, -0.25) is 4.79 Å². The Morgan fingerprint density at radius 2 is 1.88 bits per heavy atom. The third-order valence-corrected chi connectivity index (χ3v) is 7.37. The van der Waals surface area contributed by atoms with E-state index in [1.807, 2.05) is 50.2 Å². The average Bonchev–Trinajstić information content (AvgIpc) is 3.20. The van der Waals surface area contributed by atoms with Crippen molar-refractivity contribution >= 4 is 44.9 Å². The monoisotopic (exact) mass is 449 g/mol. The van der Waals surface area contributed by atoms with Crippen molar-refractivity contribution in [3.8, 4) is 0 Å². The van der Waals surface area contributed by atoms with Gasteiger partial charge in [-0.15, -0.1) is 0 Å². The maximum Gasteiger partial charge on any atom is 0.323 e. The molecule has 8 heteroatoms. The summed E-state index contributed by atoms with van der Waals surface area (Å²) in [6.45, 7) is 7.17. The lowest BCUT2D eigenvalue weighted by atomic mass is 9.84. The molecule has 3 aromatic rings. The summed E-state index contributed by atoms with van der Waals surface area (Å²) >= 11 is 1.28. The average molecular weight is 450 g/mol. The summed E-state index contributed by atoms with van der Waals surface area (Å²) in [6.07, 6.45) is 2.31. The molecule has 0 unspecified atom stereocenters. The number of fused-ring (bicyclic) bond motifs is 4. The molecule has 3 N–H and O–H groups in total. The van der Waals surface area contributed by atoms with Crippen LogP contribution in [0.3, 0.4) is 0 Å². The molecule has 3 amide bonds. The van der Waals surface area contributed by atoms with E-state index in [0.29, 0.717) is 17.3 Å². The Labute approximate surface area is 191 Å². The van der Waals surface area contributed by atoms with Crippen molar-refractivity contribution in [3.63, 3.8) is 0 Å². The van der Waals surface area contributed by atoms with E-state index in [1.54, 1.807) is 0 Å². The maximum absolute atomic E-state index is 12.9. The van der Waals surface area contributed by atoms with Gasteiger partial charge >= 0.3 is 6.03 Å². The first-order chi connectivity index (χ1) is 15.5. The number of carbonyl (C=O) groups is 2. The number of hydrogen-bond donors (Lipinski definition) is 3. The minimum absolute atomic E-state index is 0.108. The second-order valence-corrected chi connectivity index (χ2v) is 9.66. The Morgan fingerprint density at radius 1 is 1.06 bits per heavy atom. The topological polar surface area (TPSA) is 86.4 Å². The van der Waals surface area contributed by atoms with Gasteiger partial charge in [0.1, 0.15) is 5.69 Å². The fourth-order valence-corrected chi connectivity index (χ4v) is 5.51. The molecule has 0 radical (unpaired) electrons. The zero-order valence-electron chi connectivity index (χ0n) is 18.3. The zero-order chi connectivity index (χ0) is 22.2. The summed E-state index contributed by atoms with van der Waals surface area (Å²) in [6, 6.07) is 11.4. The predicted molar refractivity (Wildman–Crippen MR) is 129 cm³/mol. The first-order valence-corrected chi connectivity index (χ1v) is 11.8. The molecule has 1 aromatic heterocycles. The quantitative estimate of drug-likeness (QED) is 0.552. The van der Waals surface area contributed by atoms with Gasteiger partial charge in [0.05, 0.1) is 4.70 Å². The highest BCUT2D eigenvalue weighted by molar-refractivity contribution is 7.13. The van der Waals surface area contributed by atoms with Crippen molar-refractivity contribution in [1.29, 1.82) is 0 Å². The van der Waals surface area contributed by atoms with Crippen molar-refractivity contribution < 1.29 is 9.59 Å². The lowest BCUT2D eigenvalue weighted by molar-refractivity contribution is 0.0619. The molecule has 7 nitrogen and oxygen atoms in total. The molecule has 0 aliphatic carbocycles. The molecule has 3 fully saturated rings. The molecule has 0 saturated carbocycles. The second-order valence-electron chi connectivity index (χ2n) is 8.86. The SMILES string of the molecule is Cc1ccc(C)c(NC(=O)Nc2ccc3c(C(=O)N[C@H]4CN5CCC4CC5)nsc3c2)c1. The summed E-state index contributed by atoms with van der Waals surface area (Å²) in [5.74, 6) is 0.462. The van der Waals surface area contributed by atoms with Crippen molar-refractivity contribution in [1.82, 2.24) is 14.6 Å². The number of aryl methyl sites for hydroxylation is 2. The van der Waals surface area contributed by atoms with Crippen LogP contribution >= 0.6 is 11.5 Å². The molecule has 3 saturated heterocycles. The van der Waals surface area contributed by atoms with Crippen molar-refractivity contribution in [3.05, 3.63) is 53.2 Å². The lowest BCUT2D eigenvalue weighted by Gasteiger charge is -2.44. The summed E-state index contributed by atoms with van der Waals surface area (Å²) in [7, 11) is 0.